The Bertz CT molecular complexity index is 295. The lowest BCUT2D eigenvalue weighted by atomic mass is 9.81. The van der Waals surface area contributed by atoms with Crippen LogP contribution < -0.4 is 5.32 Å². The van der Waals surface area contributed by atoms with Gasteiger partial charge in [-0.05, 0) is 47.0 Å². The minimum Gasteiger partial charge on any atom is -0.378 e. The fourth-order valence-corrected chi connectivity index (χ4v) is 5.13. The van der Waals surface area contributed by atoms with Crippen LogP contribution in [-0.2, 0) is 18.0 Å². The fraction of sp³-hybridized carbons (Fsp3) is 1.00. The van der Waals surface area contributed by atoms with Crippen molar-refractivity contribution in [3.8, 4) is 0 Å². The van der Waals surface area contributed by atoms with Gasteiger partial charge in [-0.25, -0.2) is 0 Å². The van der Waals surface area contributed by atoms with Gasteiger partial charge >= 0.3 is 8.80 Å². The molecule has 1 aliphatic rings. The van der Waals surface area contributed by atoms with E-state index in [4.69, 9.17) is 18.0 Å². The Morgan fingerprint density at radius 3 is 1.86 bits per heavy atom. The first kappa shape index (κ1) is 19.1. The second-order valence-electron chi connectivity index (χ2n) is 7.19. The van der Waals surface area contributed by atoms with Gasteiger partial charge < -0.3 is 23.3 Å². The highest BCUT2D eigenvalue weighted by Crippen LogP contribution is 2.30. The van der Waals surface area contributed by atoms with Crippen LogP contribution >= 0.6 is 0 Å². The minimum atomic E-state index is -2.45. The molecule has 0 atom stereocenters. The molecule has 0 aromatic rings. The zero-order valence-corrected chi connectivity index (χ0v) is 15.7. The zero-order valence-electron chi connectivity index (χ0n) is 14.7. The van der Waals surface area contributed by atoms with Crippen LogP contribution in [0.15, 0.2) is 0 Å². The molecule has 21 heavy (non-hydrogen) atoms. The molecule has 0 radical (unpaired) electrons. The molecule has 1 N–H and O–H groups in total. The van der Waals surface area contributed by atoms with Gasteiger partial charge in [0.05, 0.1) is 6.10 Å². The summed E-state index contributed by atoms with van der Waals surface area (Å²) < 4.78 is 22.4. The van der Waals surface area contributed by atoms with Crippen molar-refractivity contribution >= 4 is 8.80 Å². The van der Waals surface area contributed by atoms with Gasteiger partial charge in [0.1, 0.15) is 0 Å². The molecule has 0 saturated carbocycles. The highest BCUT2D eigenvalue weighted by atomic mass is 28.4. The average molecular weight is 320 g/mol. The predicted octanol–water partition coefficient (Wildman–Crippen LogP) is 2.58. The Hall–Kier alpha value is 0.0169. The van der Waals surface area contributed by atoms with Gasteiger partial charge in [-0.2, -0.15) is 0 Å². The third-order valence-electron chi connectivity index (χ3n) is 4.07. The van der Waals surface area contributed by atoms with Gasteiger partial charge in [-0.3, -0.25) is 0 Å². The van der Waals surface area contributed by atoms with Crippen molar-refractivity contribution in [2.45, 2.75) is 70.2 Å². The van der Waals surface area contributed by atoms with Gasteiger partial charge in [0.15, 0.2) is 0 Å². The first-order valence-corrected chi connectivity index (χ1v) is 9.67. The van der Waals surface area contributed by atoms with Crippen molar-refractivity contribution in [3.63, 3.8) is 0 Å². The highest BCUT2D eigenvalue weighted by molar-refractivity contribution is 6.60. The number of piperidine rings is 1. The normalized spacial score (nSPS) is 22.4. The summed E-state index contributed by atoms with van der Waals surface area (Å²) in [5, 5.41) is 3.67. The van der Waals surface area contributed by atoms with E-state index in [0.717, 1.165) is 31.9 Å². The van der Waals surface area contributed by atoms with Gasteiger partial charge in [-0.1, -0.05) is 0 Å². The molecular formula is C15H33NO4Si. The Balaban J connectivity index is 2.38. The maximum atomic E-state index is 6.10. The largest absolute Gasteiger partial charge is 0.500 e. The molecule has 5 nitrogen and oxygen atoms in total. The summed E-state index contributed by atoms with van der Waals surface area (Å²) in [6.07, 6.45) is 3.28. The minimum absolute atomic E-state index is 0.122. The van der Waals surface area contributed by atoms with Crippen LogP contribution in [0.4, 0.5) is 0 Å². The van der Waals surface area contributed by atoms with Crippen molar-refractivity contribution in [2.24, 2.45) is 0 Å². The summed E-state index contributed by atoms with van der Waals surface area (Å²) in [6, 6.07) is 0.786. The maximum Gasteiger partial charge on any atom is 0.500 e. The summed E-state index contributed by atoms with van der Waals surface area (Å²) >= 11 is 0. The Morgan fingerprint density at radius 1 is 0.952 bits per heavy atom. The van der Waals surface area contributed by atoms with Gasteiger partial charge in [0.25, 0.3) is 0 Å². The van der Waals surface area contributed by atoms with E-state index < -0.39 is 8.80 Å². The molecule has 0 amide bonds. The standard InChI is InChI=1S/C15H33NO4Si/c1-14(2)11-13(12-15(3,4)16-14)20-9-8-10-21(17-5,18-6)19-7/h13,16H,8-12H2,1-7H3. The van der Waals surface area contributed by atoms with Gasteiger partial charge in [0, 0.05) is 45.1 Å². The predicted molar refractivity (Wildman–Crippen MR) is 86.5 cm³/mol. The Labute approximate surface area is 131 Å². The van der Waals surface area contributed by atoms with Crippen LogP contribution in [0, 0.1) is 0 Å². The van der Waals surface area contributed by atoms with E-state index in [1.807, 2.05) is 0 Å². The number of rotatable bonds is 8. The highest BCUT2D eigenvalue weighted by Gasteiger charge is 2.39. The lowest BCUT2D eigenvalue weighted by molar-refractivity contribution is -0.0225. The van der Waals surface area contributed by atoms with E-state index in [9.17, 15) is 0 Å². The molecule has 0 spiro atoms. The maximum absolute atomic E-state index is 6.10. The molecule has 0 aromatic heterocycles. The van der Waals surface area contributed by atoms with E-state index in [0.29, 0.717) is 6.10 Å². The molecule has 6 heteroatoms. The molecule has 1 saturated heterocycles. The summed E-state index contributed by atoms with van der Waals surface area (Å²) in [5.74, 6) is 0. The number of nitrogens with one attached hydrogen (secondary N) is 1. The third-order valence-corrected chi connectivity index (χ3v) is 6.90. The fourth-order valence-electron chi connectivity index (χ4n) is 3.44. The molecule has 1 fully saturated rings. The Kier molecular flexibility index (Phi) is 6.83. The van der Waals surface area contributed by atoms with Crippen LogP contribution in [0.25, 0.3) is 0 Å². The van der Waals surface area contributed by atoms with Crippen molar-refractivity contribution in [1.82, 2.24) is 5.32 Å². The van der Waals surface area contributed by atoms with E-state index in [1.165, 1.54) is 0 Å². The second-order valence-corrected chi connectivity index (χ2v) is 10.3. The SMILES string of the molecule is CO[Si](CCCOC1CC(C)(C)NC(C)(C)C1)(OC)OC. The van der Waals surface area contributed by atoms with E-state index >= 15 is 0 Å². The summed E-state index contributed by atoms with van der Waals surface area (Å²) in [6.45, 7) is 9.68. The van der Waals surface area contributed by atoms with E-state index in [-0.39, 0.29) is 11.1 Å². The molecular weight excluding hydrogens is 286 g/mol. The smallest absolute Gasteiger partial charge is 0.378 e. The molecule has 126 valence electrons. The first-order chi connectivity index (χ1) is 9.67. The molecule has 0 aliphatic carbocycles. The zero-order chi connectivity index (χ0) is 16.1. The summed E-state index contributed by atoms with van der Waals surface area (Å²) in [7, 11) is 2.50. The molecule has 1 rings (SSSR count). The molecule has 1 aliphatic heterocycles. The lowest BCUT2D eigenvalue weighted by Gasteiger charge is -2.46. The number of hydrogen-bond donors (Lipinski definition) is 1. The average Bonchev–Trinajstić information content (AvgIpc) is 2.36. The van der Waals surface area contributed by atoms with Crippen molar-refractivity contribution in [2.75, 3.05) is 27.9 Å². The quantitative estimate of drug-likeness (QED) is 0.550. The molecule has 0 bridgehead atoms. The van der Waals surface area contributed by atoms with Crippen LogP contribution in [-0.4, -0.2) is 53.9 Å². The monoisotopic (exact) mass is 319 g/mol. The van der Waals surface area contributed by atoms with Crippen LogP contribution in [0.1, 0.15) is 47.0 Å². The molecule has 1 heterocycles. The molecule has 0 aromatic carbocycles. The van der Waals surface area contributed by atoms with Crippen LogP contribution in [0.5, 0.6) is 0 Å². The topological polar surface area (TPSA) is 49.0 Å². The van der Waals surface area contributed by atoms with Crippen molar-refractivity contribution in [1.29, 1.82) is 0 Å². The van der Waals surface area contributed by atoms with Crippen LogP contribution in [0.2, 0.25) is 6.04 Å². The number of hydrogen-bond acceptors (Lipinski definition) is 5. The van der Waals surface area contributed by atoms with Crippen LogP contribution in [0.3, 0.4) is 0 Å². The van der Waals surface area contributed by atoms with Gasteiger partial charge in [-0.15, -0.1) is 0 Å². The van der Waals surface area contributed by atoms with Gasteiger partial charge in [0.2, 0.25) is 0 Å². The van der Waals surface area contributed by atoms with E-state index in [1.54, 1.807) is 21.3 Å². The van der Waals surface area contributed by atoms with E-state index in [2.05, 4.69) is 33.0 Å². The summed E-state index contributed by atoms with van der Waals surface area (Å²) in [4.78, 5) is 0. The summed E-state index contributed by atoms with van der Waals surface area (Å²) in [5.41, 5.74) is 0.243. The Morgan fingerprint density at radius 2 is 1.43 bits per heavy atom. The first-order valence-electron chi connectivity index (χ1n) is 7.74. The molecule has 0 unspecified atom stereocenters. The number of ether oxygens (including phenoxy) is 1. The third kappa shape index (κ3) is 5.96. The van der Waals surface area contributed by atoms with Crippen molar-refractivity contribution < 1.29 is 18.0 Å². The van der Waals surface area contributed by atoms with Crippen molar-refractivity contribution in [3.05, 3.63) is 0 Å². The lowest BCUT2D eigenvalue weighted by Crippen LogP contribution is -2.59. The second kappa shape index (κ2) is 7.52.